The third kappa shape index (κ3) is 6.29. The van der Waals surface area contributed by atoms with E-state index in [9.17, 15) is 24.1 Å². The van der Waals surface area contributed by atoms with E-state index in [4.69, 9.17) is 34.8 Å². The zero-order valence-electron chi connectivity index (χ0n) is 16.4. The van der Waals surface area contributed by atoms with Gasteiger partial charge in [0.05, 0.1) is 26.2 Å². The van der Waals surface area contributed by atoms with Crippen LogP contribution in [0.3, 0.4) is 0 Å². The Morgan fingerprint density at radius 2 is 1.73 bits per heavy atom. The third-order valence-electron chi connectivity index (χ3n) is 4.24. The van der Waals surface area contributed by atoms with Gasteiger partial charge in [-0.2, -0.15) is 0 Å². The van der Waals surface area contributed by atoms with Crippen LogP contribution in [0.15, 0.2) is 66.4 Å². The van der Waals surface area contributed by atoms with Crippen LogP contribution in [0.1, 0.15) is 15.9 Å². The zero-order chi connectivity index (χ0) is 24.1. The lowest BCUT2D eigenvalue weighted by Crippen LogP contribution is -2.31. The Morgan fingerprint density at radius 1 is 0.970 bits per heavy atom. The molecule has 11 heteroatoms. The summed E-state index contributed by atoms with van der Waals surface area (Å²) < 4.78 is 13.3. The van der Waals surface area contributed by atoms with Crippen LogP contribution in [-0.2, 0) is 4.79 Å². The molecule has 0 aliphatic rings. The highest BCUT2D eigenvalue weighted by Gasteiger charge is 2.19. The summed E-state index contributed by atoms with van der Waals surface area (Å²) in [6, 6.07) is 13.0. The number of carbonyl (C=O) groups excluding carboxylic acids is 2. The van der Waals surface area contributed by atoms with E-state index in [1.165, 1.54) is 48.5 Å². The first-order chi connectivity index (χ1) is 15.6. The number of halogens is 4. The molecule has 0 saturated heterocycles. The van der Waals surface area contributed by atoms with Crippen molar-refractivity contribution >= 4 is 64.1 Å². The van der Waals surface area contributed by atoms with Crippen LogP contribution in [0, 0.1) is 15.9 Å². The van der Waals surface area contributed by atoms with E-state index in [2.05, 4.69) is 10.6 Å². The summed E-state index contributed by atoms with van der Waals surface area (Å²) in [6.07, 6.45) is 1.24. The number of carbonyl (C=O) groups is 2. The highest BCUT2D eigenvalue weighted by molar-refractivity contribution is 6.37. The van der Waals surface area contributed by atoms with Gasteiger partial charge in [-0.1, -0.05) is 46.9 Å². The lowest BCUT2D eigenvalue weighted by molar-refractivity contribution is -0.384. The normalized spacial score (nSPS) is 11.1. The first-order valence-electron chi connectivity index (χ1n) is 9.13. The number of hydrogen-bond acceptors (Lipinski definition) is 4. The van der Waals surface area contributed by atoms with E-state index >= 15 is 0 Å². The van der Waals surface area contributed by atoms with Crippen LogP contribution in [0.5, 0.6) is 0 Å². The molecule has 0 spiro atoms. The SMILES string of the molecule is O=C(Nc1ccc(Cl)cc1Cl)C(=Cc1cccc([N+](=O)[O-])c1)NC(=O)c1ccc(F)cc1Cl. The second-order valence-electron chi connectivity index (χ2n) is 6.57. The van der Waals surface area contributed by atoms with Crippen LogP contribution in [0.2, 0.25) is 15.1 Å². The maximum absolute atomic E-state index is 13.3. The number of rotatable bonds is 6. The van der Waals surface area contributed by atoms with E-state index in [1.807, 2.05) is 0 Å². The predicted molar refractivity (Wildman–Crippen MR) is 125 cm³/mol. The fourth-order valence-electron chi connectivity index (χ4n) is 2.70. The quantitative estimate of drug-likeness (QED) is 0.238. The molecule has 168 valence electrons. The van der Waals surface area contributed by atoms with Gasteiger partial charge in [0.1, 0.15) is 11.5 Å². The first kappa shape index (κ1) is 24.2. The van der Waals surface area contributed by atoms with Gasteiger partial charge in [0.15, 0.2) is 0 Å². The molecule has 2 N–H and O–H groups in total. The molecule has 0 aliphatic carbocycles. The molecule has 0 aromatic heterocycles. The molecular formula is C22H13Cl3FN3O4. The largest absolute Gasteiger partial charge is 0.319 e. The van der Waals surface area contributed by atoms with Crippen molar-refractivity contribution in [3.63, 3.8) is 0 Å². The molecule has 0 unspecified atom stereocenters. The molecule has 0 radical (unpaired) electrons. The summed E-state index contributed by atoms with van der Waals surface area (Å²) in [4.78, 5) is 36.2. The second-order valence-corrected chi connectivity index (χ2v) is 7.82. The van der Waals surface area contributed by atoms with Crippen molar-refractivity contribution in [1.82, 2.24) is 5.32 Å². The third-order valence-corrected chi connectivity index (χ3v) is 5.10. The van der Waals surface area contributed by atoms with Gasteiger partial charge >= 0.3 is 0 Å². The average molecular weight is 509 g/mol. The van der Waals surface area contributed by atoms with Gasteiger partial charge in [0.25, 0.3) is 17.5 Å². The Labute approximate surface area is 201 Å². The Morgan fingerprint density at radius 3 is 2.39 bits per heavy atom. The summed E-state index contributed by atoms with van der Waals surface area (Å²) in [5, 5.41) is 16.4. The zero-order valence-corrected chi connectivity index (χ0v) is 18.7. The van der Waals surface area contributed by atoms with Gasteiger partial charge in [-0.25, -0.2) is 4.39 Å². The maximum Gasteiger partial charge on any atom is 0.272 e. The molecule has 0 aliphatic heterocycles. The molecule has 33 heavy (non-hydrogen) atoms. The maximum atomic E-state index is 13.3. The standard InChI is InChI=1S/C22H13Cl3FN3O4/c23-13-4-7-19(18(25)10-13)27-22(31)20(9-12-2-1-3-15(8-12)29(32)33)28-21(30)16-6-5-14(26)11-17(16)24/h1-11H,(H,27,31)(H,28,30). The number of nitrogens with zero attached hydrogens (tertiary/aromatic N) is 1. The first-order valence-corrected chi connectivity index (χ1v) is 10.3. The van der Waals surface area contributed by atoms with Crippen LogP contribution in [0.4, 0.5) is 15.8 Å². The Kier molecular flexibility index (Phi) is 7.65. The van der Waals surface area contributed by atoms with E-state index in [0.29, 0.717) is 5.02 Å². The van der Waals surface area contributed by atoms with Crippen molar-refractivity contribution in [3.05, 3.63) is 108 Å². The molecule has 0 saturated carbocycles. The minimum absolute atomic E-state index is 0.0830. The van der Waals surface area contributed by atoms with Crippen LogP contribution < -0.4 is 10.6 Å². The summed E-state index contributed by atoms with van der Waals surface area (Å²) >= 11 is 17.9. The van der Waals surface area contributed by atoms with Crippen molar-refractivity contribution in [2.45, 2.75) is 0 Å². The lowest BCUT2D eigenvalue weighted by atomic mass is 10.1. The van der Waals surface area contributed by atoms with Gasteiger partial charge in [0.2, 0.25) is 0 Å². The monoisotopic (exact) mass is 507 g/mol. The highest BCUT2D eigenvalue weighted by Crippen LogP contribution is 2.26. The van der Waals surface area contributed by atoms with Crippen LogP contribution in [0.25, 0.3) is 6.08 Å². The predicted octanol–water partition coefficient (Wildman–Crippen LogP) is 6.10. The van der Waals surface area contributed by atoms with E-state index < -0.39 is 22.6 Å². The number of nitro benzene ring substituents is 1. The number of amides is 2. The number of nitrogens with one attached hydrogen (secondary N) is 2. The molecule has 7 nitrogen and oxygen atoms in total. The molecule has 3 aromatic rings. The topological polar surface area (TPSA) is 101 Å². The van der Waals surface area contributed by atoms with Gasteiger partial charge in [-0.05, 0) is 48.0 Å². The number of nitro groups is 1. The van der Waals surface area contributed by atoms with Crippen LogP contribution in [-0.4, -0.2) is 16.7 Å². The van der Waals surface area contributed by atoms with Crippen molar-refractivity contribution in [1.29, 1.82) is 0 Å². The van der Waals surface area contributed by atoms with Crippen molar-refractivity contribution in [2.75, 3.05) is 5.32 Å². The fraction of sp³-hybridized carbons (Fsp3) is 0. The molecule has 0 bridgehead atoms. The van der Waals surface area contributed by atoms with Gasteiger partial charge in [-0.15, -0.1) is 0 Å². The van der Waals surface area contributed by atoms with Crippen molar-refractivity contribution < 1.29 is 18.9 Å². The van der Waals surface area contributed by atoms with Gasteiger partial charge < -0.3 is 10.6 Å². The molecule has 2 amide bonds. The van der Waals surface area contributed by atoms with Crippen molar-refractivity contribution in [3.8, 4) is 0 Å². The minimum Gasteiger partial charge on any atom is -0.319 e. The second kappa shape index (κ2) is 10.4. The average Bonchev–Trinajstić information content (AvgIpc) is 2.75. The number of anilines is 1. The Balaban J connectivity index is 1.98. The summed E-state index contributed by atoms with van der Waals surface area (Å²) in [7, 11) is 0. The summed E-state index contributed by atoms with van der Waals surface area (Å²) in [6.45, 7) is 0. The Hall–Kier alpha value is -3.46. The summed E-state index contributed by atoms with van der Waals surface area (Å²) in [5.41, 5.74) is -0.0865. The molecule has 3 aromatic carbocycles. The van der Waals surface area contributed by atoms with Gasteiger partial charge in [0, 0.05) is 17.2 Å². The molecule has 3 rings (SSSR count). The minimum atomic E-state index is -0.797. The van der Waals surface area contributed by atoms with E-state index in [0.717, 1.165) is 18.2 Å². The van der Waals surface area contributed by atoms with E-state index in [-0.39, 0.29) is 38.2 Å². The molecule has 0 fully saturated rings. The highest BCUT2D eigenvalue weighted by atomic mass is 35.5. The fourth-order valence-corrected chi connectivity index (χ4v) is 3.41. The van der Waals surface area contributed by atoms with Crippen LogP contribution >= 0.6 is 34.8 Å². The smallest absolute Gasteiger partial charge is 0.272 e. The van der Waals surface area contributed by atoms with E-state index in [1.54, 1.807) is 0 Å². The molecular weight excluding hydrogens is 496 g/mol. The van der Waals surface area contributed by atoms with Gasteiger partial charge in [-0.3, -0.25) is 19.7 Å². The molecule has 0 heterocycles. The molecule has 0 atom stereocenters. The van der Waals surface area contributed by atoms with Crippen molar-refractivity contribution in [2.24, 2.45) is 0 Å². The Bertz CT molecular complexity index is 1300. The number of hydrogen-bond donors (Lipinski definition) is 2. The number of benzene rings is 3. The lowest BCUT2D eigenvalue weighted by Gasteiger charge is -2.13. The summed E-state index contributed by atoms with van der Waals surface area (Å²) in [5.74, 6) is -2.22. The number of non-ortho nitro benzene ring substituents is 1.